The normalized spacial score (nSPS) is 15.5. The largest absolute Gasteiger partial charge is 0.393 e. The molecule has 19 heavy (non-hydrogen) atoms. The molecule has 0 saturated carbocycles. The summed E-state index contributed by atoms with van der Waals surface area (Å²) in [6, 6.07) is 6.94. The van der Waals surface area contributed by atoms with Gasteiger partial charge in [0.25, 0.3) is 0 Å². The molecule has 1 N–H and O–H groups in total. The average Bonchev–Trinajstić information content (AvgIpc) is 2.28. The lowest BCUT2D eigenvalue weighted by molar-refractivity contribution is 0.140. The summed E-state index contributed by atoms with van der Waals surface area (Å²) >= 11 is 0. The van der Waals surface area contributed by atoms with Crippen LogP contribution in [-0.2, 0) is 9.84 Å². The fourth-order valence-electron chi connectivity index (χ4n) is 2.50. The predicted octanol–water partition coefficient (Wildman–Crippen LogP) is 2.99. The predicted molar refractivity (Wildman–Crippen MR) is 78.0 cm³/mol. The van der Waals surface area contributed by atoms with E-state index in [0.29, 0.717) is 17.2 Å². The maximum atomic E-state index is 11.9. The molecule has 4 heteroatoms. The molecule has 1 rings (SSSR count). The van der Waals surface area contributed by atoms with Gasteiger partial charge in [0, 0.05) is 5.92 Å². The smallest absolute Gasteiger partial charge is 0.178 e. The van der Waals surface area contributed by atoms with Crippen molar-refractivity contribution < 1.29 is 13.5 Å². The molecule has 1 aromatic carbocycles. The number of rotatable bonds is 6. The van der Waals surface area contributed by atoms with Gasteiger partial charge in [0.15, 0.2) is 9.84 Å². The molecule has 2 atom stereocenters. The molecule has 0 fully saturated rings. The number of hydrogen-bond acceptors (Lipinski definition) is 3. The monoisotopic (exact) mass is 284 g/mol. The number of aliphatic hydroxyl groups excluding tert-OH is 1. The van der Waals surface area contributed by atoms with E-state index >= 15 is 0 Å². The molecule has 0 aromatic heterocycles. The highest BCUT2D eigenvalue weighted by molar-refractivity contribution is 7.91. The molecule has 0 bridgehead atoms. The van der Waals surface area contributed by atoms with Crippen LogP contribution in [0.25, 0.3) is 0 Å². The van der Waals surface area contributed by atoms with Crippen molar-refractivity contribution in [3.8, 4) is 0 Å². The fraction of sp³-hybridized carbons (Fsp3) is 0.600. The van der Waals surface area contributed by atoms with Gasteiger partial charge in [-0.15, -0.1) is 0 Å². The zero-order valence-corrected chi connectivity index (χ0v) is 12.9. The standard InChI is InChI=1S/C15H24O3S/c1-5-10-19(17,18)14-8-6-13(7-9-14)15(11(2)3)12(4)16/h6-9,11-12,15-16H,5,10H2,1-4H3. The Labute approximate surface area is 116 Å². The third kappa shape index (κ3) is 4.05. The maximum absolute atomic E-state index is 11.9. The highest BCUT2D eigenvalue weighted by Crippen LogP contribution is 2.28. The summed E-state index contributed by atoms with van der Waals surface area (Å²) in [4.78, 5) is 0.367. The van der Waals surface area contributed by atoms with Gasteiger partial charge in [-0.3, -0.25) is 0 Å². The van der Waals surface area contributed by atoms with Crippen molar-refractivity contribution in [2.45, 2.75) is 51.0 Å². The van der Waals surface area contributed by atoms with Crippen LogP contribution in [0.5, 0.6) is 0 Å². The summed E-state index contributed by atoms with van der Waals surface area (Å²) in [5.74, 6) is 0.511. The van der Waals surface area contributed by atoms with Crippen molar-refractivity contribution in [3.63, 3.8) is 0 Å². The van der Waals surface area contributed by atoms with Crippen molar-refractivity contribution >= 4 is 9.84 Å². The molecule has 0 saturated heterocycles. The molecule has 0 amide bonds. The van der Waals surface area contributed by atoms with Crippen molar-refractivity contribution in [1.29, 1.82) is 0 Å². The Morgan fingerprint density at radius 2 is 1.63 bits per heavy atom. The second-order valence-corrected chi connectivity index (χ2v) is 7.51. The van der Waals surface area contributed by atoms with Gasteiger partial charge in [-0.05, 0) is 37.0 Å². The molecule has 2 unspecified atom stereocenters. The molecule has 3 nitrogen and oxygen atoms in total. The van der Waals surface area contributed by atoms with Crippen LogP contribution in [0.3, 0.4) is 0 Å². The summed E-state index contributed by atoms with van der Waals surface area (Å²) in [5, 5.41) is 9.83. The summed E-state index contributed by atoms with van der Waals surface area (Å²) in [7, 11) is -3.16. The average molecular weight is 284 g/mol. The first-order valence-electron chi connectivity index (χ1n) is 6.80. The molecule has 0 aliphatic heterocycles. The summed E-state index contributed by atoms with van der Waals surface area (Å²) in [6.07, 6.45) is 0.171. The van der Waals surface area contributed by atoms with Crippen LogP contribution in [0.15, 0.2) is 29.2 Å². The summed E-state index contributed by atoms with van der Waals surface area (Å²) in [6.45, 7) is 7.73. The molecule has 0 spiro atoms. The Morgan fingerprint density at radius 3 is 2.00 bits per heavy atom. The van der Waals surface area contributed by atoms with E-state index in [-0.39, 0.29) is 11.7 Å². The Balaban J connectivity index is 3.05. The molecule has 0 aliphatic rings. The van der Waals surface area contributed by atoms with E-state index in [1.807, 2.05) is 19.1 Å². The van der Waals surface area contributed by atoms with Gasteiger partial charge >= 0.3 is 0 Å². The Bertz CT molecular complexity index is 479. The van der Waals surface area contributed by atoms with Gasteiger partial charge in [-0.1, -0.05) is 32.9 Å². The first-order chi connectivity index (χ1) is 8.79. The van der Waals surface area contributed by atoms with Crippen LogP contribution in [0.2, 0.25) is 0 Å². The van der Waals surface area contributed by atoms with Gasteiger partial charge in [-0.2, -0.15) is 0 Å². The topological polar surface area (TPSA) is 54.4 Å². The third-order valence-electron chi connectivity index (χ3n) is 3.33. The Kier molecular flexibility index (Phi) is 5.56. The SMILES string of the molecule is CCCS(=O)(=O)c1ccc(C(C(C)C)C(C)O)cc1. The van der Waals surface area contributed by atoms with Crippen LogP contribution in [-0.4, -0.2) is 25.4 Å². The Morgan fingerprint density at radius 1 is 1.11 bits per heavy atom. The third-order valence-corrected chi connectivity index (χ3v) is 5.27. The fourth-order valence-corrected chi connectivity index (χ4v) is 3.83. The molecular weight excluding hydrogens is 260 g/mol. The number of sulfone groups is 1. The summed E-state index contributed by atoms with van der Waals surface area (Å²) < 4.78 is 23.9. The molecule has 0 aliphatic carbocycles. The molecule has 108 valence electrons. The highest BCUT2D eigenvalue weighted by atomic mass is 32.2. The lowest BCUT2D eigenvalue weighted by Gasteiger charge is -2.24. The summed E-state index contributed by atoms with van der Waals surface area (Å²) in [5.41, 5.74) is 0.987. The van der Waals surface area contributed by atoms with Crippen molar-refractivity contribution in [3.05, 3.63) is 29.8 Å². The zero-order valence-electron chi connectivity index (χ0n) is 12.1. The second kappa shape index (κ2) is 6.53. The minimum atomic E-state index is -3.16. The minimum absolute atomic E-state index is 0.0305. The van der Waals surface area contributed by atoms with Crippen molar-refractivity contribution in [2.75, 3.05) is 5.75 Å². The maximum Gasteiger partial charge on any atom is 0.178 e. The molecular formula is C15H24O3S. The molecule has 1 aromatic rings. The second-order valence-electron chi connectivity index (χ2n) is 5.40. The van der Waals surface area contributed by atoms with Crippen LogP contribution in [0.4, 0.5) is 0 Å². The van der Waals surface area contributed by atoms with Crippen molar-refractivity contribution in [1.82, 2.24) is 0 Å². The minimum Gasteiger partial charge on any atom is -0.393 e. The van der Waals surface area contributed by atoms with E-state index < -0.39 is 15.9 Å². The Hall–Kier alpha value is -0.870. The van der Waals surface area contributed by atoms with Gasteiger partial charge in [0.1, 0.15) is 0 Å². The van der Waals surface area contributed by atoms with Crippen LogP contribution in [0.1, 0.15) is 45.6 Å². The van der Waals surface area contributed by atoms with E-state index in [4.69, 9.17) is 0 Å². The lowest BCUT2D eigenvalue weighted by atomic mass is 9.85. The molecule has 0 radical (unpaired) electrons. The van der Waals surface area contributed by atoms with Crippen LogP contribution >= 0.6 is 0 Å². The number of benzene rings is 1. The number of hydrogen-bond donors (Lipinski definition) is 1. The van der Waals surface area contributed by atoms with Gasteiger partial charge in [-0.25, -0.2) is 8.42 Å². The van der Waals surface area contributed by atoms with E-state index in [1.165, 1.54) is 0 Å². The molecule has 0 heterocycles. The van der Waals surface area contributed by atoms with Gasteiger partial charge in [0.05, 0.1) is 16.8 Å². The van der Waals surface area contributed by atoms with E-state index in [1.54, 1.807) is 19.1 Å². The van der Waals surface area contributed by atoms with Crippen LogP contribution < -0.4 is 0 Å². The van der Waals surface area contributed by atoms with Crippen LogP contribution in [0, 0.1) is 5.92 Å². The highest BCUT2D eigenvalue weighted by Gasteiger charge is 2.22. The zero-order chi connectivity index (χ0) is 14.6. The quantitative estimate of drug-likeness (QED) is 0.873. The van der Waals surface area contributed by atoms with Crippen molar-refractivity contribution in [2.24, 2.45) is 5.92 Å². The van der Waals surface area contributed by atoms with Gasteiger partial charge in [0.2, 0.25) is 0 Å². The first kappa shape index (κ1) is 16.2. The van der Waals surface area contributed by atoms with Gasteiger partial charge < -0.3 is 5.11 Å². The van der Waals surface area contributed by atoms with E-state index in [2.05, 4.69) is 13.8 Å². The lowest BCUT2D eigenvalue weighted by Crippen LogP contribution is -2.20. The van der Waals surface area contributed by atoms with E-state index in [0.717, 1.165) is 5.56 Å². The number of aliphatic hydroxyl groups is 1. The first-order valence-corrected chi connectivity index (χ1v) is 8.45. The van der Waals surface area contributed by atoms with E-state index in [9.17, 15) is 13.5 Å².